The molecule has 0 bridgehead atoms. The number of carbonyl (C=O) groups is 1. The summed E-state index contributed by atoms with van der Waals surface area (Å²) in [5.41, 5.74) is 1.40. The van der Waals surface area contributed by atoms with Crippen LogP contribution >= 0.6 is 0 Å². The summed E-state index contributed by atoms with van der Waals surface area (Å²) < 4.78 is 0. The first-order valence-electron chi connectivity index (χ1n) is 8.11. The maximum atomic E-state index is 12.2. The van der Waals surface area contributed by atoms with E-state index >= 15 is 0 Å². The van der Waals surface area contributed by atoms with E-state index in [-0.39, 0.29) is 11.5 Å². The standard InChI is InChI=1S/C17H21N5O2/c1-12-5-14(9-18-7-12)17(24)19-8-13-3-2-4-22(10-13)15-6-16(23)21-11-20-15/h5-7,9,11,13H,2-4,8,10H2,1H3,(H,19,24)(H,20,21,23). The monoisotopic (exact) mass is 327 g/mol. The highest BCUT2D eigenvalue weighted by atomic mass is 16.1. The summed E-state index contributed by atoms with van der Waals surface area (Å²) in [6, 6.07) is 3.34. The SMILES string of the molecule is Cc1cncc(C(=O)NCC2CCCN(c3cc(=O)[nH]cn3)C2)c1. The molecular formula is C17H21N5O2. The van der Waals surface area contributed by atoms with Gasteiger partial charge >= 0.3 is 0 Å². The Hall–Kier alpha value is -2.70. The number of nitrogens with zero attached hydrogens (tertiary/aromatic N) is 3. The molecule has 0 aromatic carbocycles. The van der Waals surface area contributed by atoms with E-state index in [2.05, 4.69) is 25.2 Å². The van der Waals surface area contributed by atoms with Crippen LogP contribution in [0.15, 0.2) is 35.6 Å². The highest BCUT2D eigenvalue weighted by molar-refractivity contribution is 5.93. The van der Waals surface area contributed by atoms with Crippen LogP contribution in [0.2, 0.25) is 0 Å². The molecule has 0 saturated carbocycles. The Morgan fingerprint density at radius 1 is 1.42 bits per heavy atom. The van der Waals surface area contributed by atoms with Crippen molar-refractivity contribution in [2.75, 3.05) is 24.5 Å². The highest BCUT2D eigenvalue weighted by Crippen LogP contribution is 2.20. The molecule has 1 atom stereocenters. The van der Waals surface area contributed by atoms with E-state index in [9.17, 15) is 9.59 Å². The first-order valence-corrected chi connectivity index (χ1v) is 8.11. The van der Waals surface area contributed by atoms with Gasteiger partial charge in [-0.1, -0.05) is 0 Å². The third kappa shape index (κ3) is 3.98. The van der Waals surface area contributed by atoms with Crippen molar-refractivity contribution in [3.8, 4) is 0 Å². The van der Waals surface area contributed by atoms with Gasteiger partial charge in [-0.05, 0) is 37.3 Å². The molecule has 3 rings (SSSR count). The maximum Gasteiger partial charge on any atom is 0.252 e. The van der Waals surface area contributed by atoms with Gasteiger partial charge in [0.25, 0.3) is 11.5 Å². The van der Waals surface area contributed by atoms with Crippen LogP contribution in [0.3, 0.4) is 0 Å². The van der Waals surface area contributed by atoms with Crippen molar-refractivity contribution in [1.82, 2.24) is 20.3 Å². The zero-order valence-electron chi connectivity index (χ0n) is 13.7. The predicted molar refractivity (Wildman–Crippen MR) is 91.1 cm³/mol. The Kier molecular flexibility index (Phi) is 4.88. The number of piperidine rings is 1. The average Bonchev–Trinajstić information content (AvgIpc) is 2.60. The van der Waals surface area contributed by atoms with Crippen LogP contribution in [0.25, 0.3) is 0 Å². The number of pyridine rings is 1. The van der Waals surface area contributed by atoms with E-state index < -0.39 is 0 Å². The lowest BCUT2D eigenvalue weighted by Gasteiger charge is -2.33. The van der Waals surface area contributed by atoms with Gasteiger partial charge < -0.3 is 15.2 Å². The summed E-state index contributed by atoms with van der Waals surface area (Å²) in [6.45, 7) is 4.18. The van der Waals surface area contributed by atoms with Crippen molar-refractivity contribution in [2.45, 2.75) is 19.8 Å². The Balaban J connectivity index is 1.57. The van der Waals surface area contributed by atoms with Gasteiger partial charge in [-0.3, -0.25) is 14.6 Å². The number of anilines is 1. The second-order valence-electron chi connectivity index (χ2n) is 6.18. The quantitative estimate of drug-likeness (QED) is 0.878. The molecule has 7 nitrogen and oxygen atoms in total. The minimum absolute atomic E-state index is 0.0994. The number of aromatic amines is 1. The van der Waals surface area contributed by atoms with Crippen LogP contribution in [0.1, 0.15) is 28.8 Å². The van der Waals surface area contributed by atoms with Crippen LogP contribution in [0, 0.1) is 12.8 Å². The lowest BCUT2D eigenvalue weighted by atomic mass is 9.98. The fourth-order valence-corrected chi connectivity index (χ4v) is 2.99. The molecule has 1 amide bonds. The summed E-state index contributed by atoms with van der Waals surface area (Å²) in [4.78, 5) is 36.5. The van der Waals surface area contributed by atoms with Crippen LogP contribution in [0.5, 0.6) is 0 Å². The molecule has 1 saturated heterocycles. The third-order valence-electron chi connectivity index (χ3n) is 4.20. The van der Waals surface area contributed by atoms with Crippen LogP contribution in [-0.2, 0) is 0 Å². The van der Waals surface area contributed by atoms with E-state index in [1.165, 1.54) is 12.4 Å². The van der Waals surface area contributed by atoms with Crippen molar-refractivity contribution in [3.05, 3.63) is 52.3 Å². The molecule has 1 aliphatic rings. The van der Waals surface area contributed by atoms with E-state index in [0.717, 1.165) is 31.5 Å². The van der Waals surface area contributed by atoms with Crippen LogP contribution in [-0.4, -0.2) is 40.5 Å². The van der Waals surface area contributed by atoms with Gasteiger partial charge in [0.2, 0.25) is 0 Å². The lowest BCUT2D eigenvalue weighted by Crippen LogP contribution is -2.41. The smallest absolute Gasteiger partial charge is 0.252 e. The van der Waals surface area contributed by atoms with Crippen molar-refractivity contribution in [3.63, 3.8) is 0 Å². The third-order valence-corrected chi connectivity index (χ3v) is 4.20. The zero-order chi connectivity index (χ0) is 16.9. The number of hydrogen-bond donors (Lipinski definition) is 2. The molecule has 3 heterocycles. The number of nitrogens with one attached hydrogen (secondary N) is 2. The van der Waals surface area contributed by atoms with Crippen LogP contribution < -0.4 is 15.8 Å². The molecular weight excluding hydrogens is 306 g/mol. The molecule has 1 fully saturated rings. The van der Waals surface area contributed by atoms with Gasteiger partial charge in [-0.2, -0.15) is 0 Å². The van der Waals surface area contributed by atoms with E-state index in [1.807, 2.05) is 13.0 Å². The summed E-state index contributed by atoms with van der Waals surface area (Å²) >= 11 is 0. The number of carbonyl (C=O) groups excluding carboxylic acids is 1. The van der Waals surface area contributed by atoms with Gasteiger partial charge in [0.15, 0.2) is 0 Å². The minimum atomic E-state index is -0.151. The molecule has 0 spiro atoms. The molecule has 2 aromatic heterocycles. The molecule has 1 aliphatic heterocycles. The molecule has 2 N–H and O–H groups in total. The molecule has 0 radical (unpaired) electrons. The summed E-state index contributed by atoms with van der Waals surface area (Å²) in [5.74, 6) is 0.928. The maximum absolute atomic E-state index is 12.2. The Labute approximate surface area is 140 Å². The predicted octanol–water partition coefficient (Wildman–Crippen LogP) is 1.12. The van der Waals surface area contributed by atoms with E-state index in [4.69, 9.17) is 0 Å². The molecule has 1 unspecified atom stereocenters. The average molecular weight is 327 g/mol. The van der Waals surface area contributed by atoms with Crippen LogP contribution in [0.4, 0.5) is 5.82 Å². The fraction of sp³-hybridized carbons (Fsp3) is 0.412. The Bertz CT molecular complexity index is 773. The van der Waals surface area contributed by atoms with Crippen molar-refractivity contribution in [2.24, 2.45) is 5.92 Å². The second kappa shape index (κ2) is 7.25. The first kappa shape index (κ1) is 16.2. The van der Waals surface area contributed by atoms with Gasteiger partial charge in [0.05, 0.1) is 11.9 Å². The number of aromatic nitrogens is 3. The number of aryl methyl sites for hydroxylation is 1. The van der Waals surface area contributed by atoms with Crippen molar-refractivity contribution >= 4 is 11.7 Å². The normalized spacial score (nSPS) is 17.5. The van der Waals surface area contributed by atoms with E-state index in [0.29, 0.717) is 23.8 Å². The summed E-state index contributed by atoms with van der Waals surface area (Å²) in [5, 5.41) is 2.99. The van der Waals surface area contributed by atoms with Crippen molar-refractivity contribution in [1.29, 1.82) is 0 Å². The molecule has 24 heavy (non-hydrogen) atoms. The first-order chi connectivity index (χ1) is 11.6. The summed E-state index contributed by atoms with van der Waals surface area (Å²) in [7, 11) is 0. The number of H-pyrrole nitrogens is 1. The lowest BCUT2D eigenvalue weighted by molar-refractivity contribution is 0.0945. The fourth-order valence-electron chi connectivity index (χ4n) is 2.99. The minimum Gasteiger partial charge on any atom is -0.356 e. The Morgan fingerprint density at radius 2 is 2.29 bits per heavy atom. The Morgan fingerprint density at radius 3 is 3.08 bits per heavy atom. The zero-order valence-corrected chi connectivity index (χ0v) is 13.7. The van der Waals surface area contributed by atoms with E-state index in [1.54, 1.807) is 12.4 Å². The van der Waals surface area contributed by atoms with Gasteiger partial charge in [0.1, 0.15) is 5.82 Å². The second-order valence-corrected chi connectivity index (χ2v) is 6.18. The molecule has 2 aromatic rings. The van der Waals surface area contributed by atoms with Gasteiger partial charge in [-0.15, -0.1) is 0 Å². The molecule has 0 aliphatic carbocycles. The highest BCUT2D eigenvalue weighted by Gasteiger charge is 2.21. The topological polar surface area (TPSA) is 91.0 Å². The van der Waals surface area contributed by atoms with Crippen molar-refractivity contribution < 1.29 is 4.79 Å². The summed E-state index contributed by atoms with van der Waals surface area (Å²) in [6.07, 6.45) is 6.79. The largest absolute Gasteiger partial charge is 0.356 e. The number of rotatable bonds is 4. The number of hydrogen-bond acceptors (Lipinski definition) is 5. The molecule has 126 valence electrons. The van der Waals surface area contributed by atoms with Gasteiger partial charge in [0, 0.05) is 38.1 Å². The van der Waals surface area contributed by atoms with Gasteiger partial charge in [-0.25, -0.2) is 4.98 Å². The number of amides is 1. The molecule has 7 heteroatoms.